The third kappa shape index (κ3) is 2.73. The molecule has 2 rings (SSSR count). The lowest BCUT2D eigenvalue weighted by molar-refractivity contribution is -0.135. The first-order valence-corrected chi connectivity index (χ1v) is 6.12. The third-order valence-electron chi connectivity index (χ3n) is 2.81. The zero-order chi connectivity index (χ0) is 12.3. The van der Waals surface area contributed by atoms with Crippen molar-refractivity contribution in [1.29, 1.82) is 0 Å². The number of rotatable bonds is 3. The fourth-order valence-corrected chi connectivity index (χ4v) is 2.05. The monoisotopic (exact) mass is 256 g/mol. The van der Waals surface area contributed by atoms with Gasteiger partial charge in [-0.25, -0.2) is 0 Å². The van der Waals surface area contributed by atoms with Crippen molar-refractivity contribution in [2.24, 2.45) is 0 Å². The first-order valence-electron chi connectivity index (χ1n) is 5.72. The number of H-pyrrole nitrogens is 1. The quantitative estimate of drug-likeness (QED) is 0.793. The van der Waals surface area contributed by atoms with Crippen LogP contribution in [-0.2, 0) is 22.5 Å². The molecule has 0 saturated carbocycles. The maximum Gasteiger partial charge on any atom is 0.242 e. The summed E-state index contributed by atoms with van der Waals surface area (Å²) in [7, 11) is 0. The molecular weight excluding hydrogens is 240 g/mol. The Kier molecular flexibility index (Phi) is 3.90. The van der Waals surface area contributed by atoms with Crippen LogP contribution in [0.15, 0.2) is 0 Å². The molecule has 17 heavy (non-hydrogen) atoms. The Labute approximate surface area is 105 Å². The summed E-state index contributed by atoms with van der Waals surface area (Å²) in [6.45, 7) is 4.79. The lowest BCUT2D eigenvalue weighted by atomic mass is 10.4. The molecule has 1 fully saturated rings. The van der Waals surface area contributed by atoms with Crippen LogP contribution in [0.2, 0.25) is 0 Å². The fourth-order valence-electron chi connectivity index (χ4n) is 1.83. The van der Waals surface area contributed by atoms with Gasteiger partial charge in [0.15, 0.2) is 4.77 Å². The maximum absolute atomic E-state index is 12.0. The molecule has 7 heteroatoms. The second-order valence-electron chi connectivity index (χ2n) is 3.88. The van der Waals surface area contributed by atoms with Gasteiger partial charge in [0.2, 0.25) is 5.91 Å². The van der Waals surface area contributed by atoms with Crippen LogP contribution in [0.25, 0.3) is 0 Å². The predicted molar refractivity (Wildman–Crippen MR) is 64.2 cm³/mol. The van der Waals surface area contributed by atoms with Crippen LogP contribution >= 0.6 is 12.2 Å². The number of aromatic amines is 1. The molecule has 94 valence electrons. The van der Waals surface area contributed by atoms with E-state index in [9.17, 15) is 4.79 Å². The molecule has 2 heterocycles. The fraction of sp³-hybridized carbons (Fsp3) is 0.700. The number of nitrogens with one attached hydrogen (secondary N) is 1. The average molecular weight is 256 g/mol. The topological polar surface area (TPSA) is 63.2 Å². The first-order chi connectivity index (χ1) is 8.22. The van der Waals surface area contributed by atoms with Gasteiger partial charge in [-0.1, -0.05) is 6.92 Å². The Morgan fingerprint density at radius 2 is 2.24 bits per heavy atom. The number of aryl methyl sites for hydroxylation is 1. The normalized spacial score (nSPS) is 16.2. The number of amides is 1. The van der Waals surface area contributed by atoms with Gasteiger partial charge in [-0.15, -0.1) is 0 Å². The van der Waals surface area contributed by atoms with Crippen LogP contribution in [0, 0.1) is 4.77 Å². The predicted octanol–water partition coefficient (Wildman–Crippen LogP) is 0.362. The van der Waals surface area contributed by atoms with E-state index in [1.165, 1.54) is 0 Å². The highest BCUT2D eigenvalue weighted by Crippen LogP contribution is 2.03. The van der Waals surface area contributed by atoms with Gasteiger partial charge in [-0.3, -0.25) is 14.5 Å². The summed E-state index contributed by atoms with van der Waals surface area (Å²) in [6, 6.07) is 0. The van der Waals surface area contributed by atoms with Crippen LogP contribution in [0.3, 0.4) is 0 Å². The molecule has 6 nitrogen and oxygen atoms in total. The largest absolute Gasteiger partial charge is 0.378 e. The zero-order valence-corrected chi connectivity index (χ0v) is 10.6. The number of nitrogens with zero attached hydrogens (tertiary/aromatic N) is 3. The molecule has 1 aromatic rings. The number of ether oxygens (including phenoxy) is 1. The Balaban J connectivity index is 2.06. The van der Waals surface area contributed by atoms with E-state index in [0.717, 1.165) is 12.2 Å². The minimum atomic E-state index is 0.0699. The van der Waals surface area contributed by atoms with Gasteiger partial charge in [-0.05, 0) is 12.2 Å². The van der Waals surface area contributed by atoms with Gasteiger partial charge in [0, 0.05) is 19.5 Å². The van der Waals surface area contributed by atoms with Gasteiger partial charge < -0.3 is 9.64 Å². The minimum Gasteiger partial charge on any atom is -0.378 e. The van der Waals surface area contributed by atoms with Gasteiger partial charge in [0.1, 0.15) is 12.4 Å². The number of carbonyl (C=O) groups is 1. The molecule has 0 bridgehead atoms. The van der Waals surface area contributed by atoms with E-state index >= 15 is 0 Å². The molecule has 0 atom stereocenters. The molecular formula is C10H16N4O2S. The molecule has 0 spiro atoms. The van der Waals surface area contributed by atoms with E-state index in [0.29, 0.717) is 31.1 Å². The van der Waals surface area contributed by atoms with Crippen LogP contribution in [-0.4, -0.2) is 51.9 Å². The van der Waals surface area contributed by atoms with Crippen molar-refractivity contribution < 1.29 is 9.53 Å². The molecule has 0 aliphatic carbocycles. The zero-order valence-electron chi connectivity index (χ0n) is 9.81. The van der Waals surface area contributed by atoms with Crippen molar-refractivity contribution in [2.75, 3.05) is 26.3 Å². The van der Waals surface area contributed by atoms with Gasteiger partial charge in [0.05, 0.1) is 13.2 Å². The first kappa shape index (κ1) is 12.3. The van der Waals surface area contributed by atoms with Crippen LogP contribution < -0.4 is 0 Å². The average Bonchev–Trinajstić information content (AvgIpc) is 2.71. The second-order valence-corrected chi connectivity index (χ2v) is 4.26. The molecule has 1 aliphatic rings. The molecule has 0 unspecified atom stereocenters. The molecule has 1 amide bonds. The van der Waals surface area contributed by atoms with E-state index in [4.69, 9.17) is 17.0 Å². The molecule has 0 aromatic carbocycles. The Morgan fingerprint density at radius 1 is 1.53 bits per heavy atom. The standard InChI is InChI=1S/C10H16N4O2S/c1-2-8-11-12-10(17)14(8)7-9(15)13-3-5-16-6-4-13/h2-7H2,1H3,(H,12,17). The number of hydrogen-bond donors (Lipinski definition) is 1. The third-order valence-corrected chi connectivity index (χ3v) is 3.12. The minimum absolute atomic E-state index is 0.0699. The second kappa shape index (κ2) is 5.42. The van der Waals surface area contributed by atoms with Crippen molar-refractivity contribution in [1.82, 2.24) is 19.7 Å². The molecule has 1 saturated heterocycles. The maximum atomic E-state index is 12.0. The summed E-state index contributed by atoms with van der Waals surface area (Å²) in [5, 5.41) is 6.80. The van der Waals surface area contributed by atoms with Gasteiger partial charge >= 0.3 is 0 Å². The summed E-state index contributed by atoms with van der Waals surface area (Å²) in [6.07, 6.45) is 0.754. The van der Waals surface area contributed by atoms with Crippen molar-refractivity contribution in [2.45, 2.75) is 19.9 Å². The Hall–Kier alpha value is -1.21. The van der Waals surface area contributed by atoms with Crippen LogP contribution in [0.1, 0.15) is 12.7 Å². The van der Waals surface area contributed by atoms with Crippen molar-refractivity contribution in [3.8, 4) is 0 Å². The summed E-state index contributed by atoms with van der Waals surface area (Å²) >= 11 is 5.11. The lowest BCUT2D eigenvalue weighted by Gasteiger charge is -2.27. The Bertz CT molecular complexity index is 447. The molecule has 1 aromatic heterocycles. The van der Waals surface area contributed by atoms with E-state index in [-0.39, 0.29) is 12.5 Å². The van der Waals surface area contributed by atoms with Crippen molar-refractivity contribution in [3.63, 3.8) is 0 Å². The smallest absolute Gasteiger partial charge is 0.242 e. The van der Waals surface area contributed by atoms with E-state index in [2.05, 4.69) is 10.2 Å². The molecule has 0 radical (unpaired) electrons. The van der Waals surface area contributed by atoms with Crippen LogP contribution in [0.5, 0.6) is 0 Å². The van der Waals surface area contributed by atoms with Crippen molar-refractivity contribution in [3.05, 3.63) is 10.6 Å². The number of aromatic nitrogens is 3. The van der Waals surface area contributed by atoms with E-state index in [1.807, 2.05) is 6.92 Å². The van der Waals surface area contributed by atoms with Crippen molar-refractivity contribution >= 4 is 18.1 Å². The highest BCUT2D eigenvalue weighted by molar-refractivity contribution is 7.71. The summed E-state index contributed by atoms with van der Waals surface area (Å²) in [5.74, 6) is 0.886. The molecule has 1 N–H and O–H groups in total. The number of hydrogen-bond acceptors (Lipinski definition) is 4. The number of morpholine rings is 1. The summed E-state index contributed by atoms with van der Waals surface area (Å²) in [4.78, 5) is 13.9. The Morgan fingerprint density at radius 3 is 2.88 bits per heavy atom. The highest BCUT2D eigenvalue weighted by Gasteiger charge is 2.18. The highest BCUT2D eigenvalue weighted by atomic mass is 32.1. The van der Waals surface area contributed by atoms with Gasteiger partial charge in [-0.2, -0.15) is 5.10 Å². The SMILES string of the molecule is CCc1n[nH]c(=S)n1CC(=O)N1CCOCC1. The number of carbonyl (C=O) groups excluding carboxylic acids is 1. The van der Waals surface area contributed by atoms with E-state index in [1.54, 1.807) is 9.47 Å². The van der Waals surface area contributed by atoms with Crippen LogP contribution in [0.4, 0.5) is 0 Å². The van der Waals surface area contributed by atoms with Gasteiger partial charge in [0.25, 0.3) is 0 Å². The summed E-state index contributed by atoms with van der Waals surface area (Å²) < 4.78 is 7.47. The lowest BCUT2D eigenvalue weighted by Crippen LogP contribution is -2.42. The summed E-state index contributed by atoms with van der Waals surface area (Å²) in [5.41, 5.74) is 0. The molecule has 1 aliphatic heterocycles. The van der Waals surface area contributed by atoms with E-state index < -0.39 is 0 Å².